The Bertz CT molecular complexity index is 1400. The largest absolute Gasteiger partial charge is 0.497 e. The van der Waals surface area contributed by atoms with Gasteiger partial charge in [0.1, 0.15) is 36.9 Å². The molecule has 0 saturated heterocycles. The van der Waals surface area contributed by atoms with Gasteiger partial charge in [0.05, 0.1) is 26.1 Å². The highest BCUT2D eigenvalue weighted by Crippen LogP contribution is 2.31. The molecule has 0 atom stereocenters. The van der Waals surface area contributed by atoms with Crippen molar-refractivity contribution in [1.82, 2.24) is 14.9 Å². The quantitative estimate of drug-likeness (QED) is 0.252. The predicted molar refractivity (Wildman–Crippen MR) is 153 cm³/mol. The summed E-state index contributed by atoms with van der Waals surface area (Å²) in [5.74, 6) is 2.73. The van der Waals surface area contributed by atoms with E-state index in [9.17, 15) is 4.79 Å². The number of carbonyl (C=O) groups is 1. The van der Waals surface area contributed by atoms with Gasteiger partial charge in [0, 0.05) is 25.7 Å². The van der Waals surface area contributed by atoms with E-state index >= 15 is 0 Å². The van der Waals surface area contributed by atoms with E-state index in [1.165, 1.54) is 6.33 Å². The van der Waals surface area contributed by atoms with Crippen LogP contribution in [0.25, 0.3) is 0 Å². The van der Waals surface area contributed by atoms with E-state index in [1.54, 1.807) is 50.6 Å². The fourth-order valence-electron chi connectivity index (χ4n) is 3.79. The van der Waals surface area contributed by atoms with Gasteiger partial charge in [0.25, 0.3) is 5.91 Å². The van der Waals surface area contributed by atoms with Crippen LogP contribution < -0.4 is 30.0 Å². The molecular formula is C30H33N5O5. The highest BCUT2D eigenvalue weighted by molar-refractivity contribution is 5.94. The van der Waals surface area contributed by atoms with Crippen LogP contribution in [0.1, 0.15) is 21.5 Å². The Hall–Kier alpha value is -4.99. The van der Waals surface area contributed by atoms with Crippen molar-refractivity contribution in [3.63, 3.8) is 0 Å². The number of amides is 1. The van der Waals surface area contributed by atoms with Gasteiger partial charge in [0.15, 0.2) is 11.5 Å². The molecule has 4 rings (SSSR count). The molecule has 40 heavy (non-hydrogen) atoms. The Morgan fingerprint density at radius 3 is 2.05 bits per heavy atom. The fraction of sp³-hybridized carbons (Fsp3) is 0.233. The molecule has 1 heterocycles. The van der Waals surface area contributed by atoms with Crippen molar-refractivity contribution in [1.29, 1.82) is 0 Å². The number of methoxy groups -OCH3 is 2. The SMILES string of the molecule is COc1ccc(COc2ccc(C(=O)N(C)CCNc3cncnc3N)cc2OCc2ccc(OC)cc2)cc1. The Kier molecular flexibility index (Phi) is 9.60. The molecule has 0 aliphatic rings. The third-order valence-electron chi connectivity index (χ3n) is 6.15. The number of nitrogen functional groups attached to an aromatic ring is 1. The molecule has 3 aromatic carbocycles. The van der Waals surface area contributed by atoms with E-state index in [0.29, 0.717) is 54.9 Å². The first kappa shape index (κ1) is 28.0. The molecule has 0 fully saturated rings. The second-order valence-electron chi connectivity index (χ2n) is 8.91. The van der Waals surface area contributed by atoms with Crippen molar-refractivity contribution >= 4 is 17.4 Å². The van der Waals surface area contributed by atoms with E-state index in [1.807, 2.05) is 48.5 Å². The normalized spacial score (nSPS) is 10.5. The van der Waals surface area contributed by atoms with Crippen LogP contribution in [-0.4, -0.2) is 55.1 Å². The Morgan fingerprint density at radius 2 is 1.48 bits per heavy atom. The molecule has 4 aromatic rings. The number of aromatic nitrogens is 2. The minimum Gasteiger partial charge on any atom is -0.497 e. The van der Waals surface area contributed by atoms with Crippen LogP contribution in [0.4, 0.5) is 11.5 Å². The molecular weight excluding hydrogens is 510 g/mol. The second-order valence-corrected chi connectivity index (χ2v) is 8.91. The molecule has 0 aliphatic carbocycles. The standard InChI is InChI=1S/C30H33N5O5/c1-35(15-14-33-26-17-32-20-34-29(26)31)30(36)23-8-13-27(39-18-21-4-9-24(37-2)10-5-21)28(16-23)40-19-22-6-11-25(38-3)12-7-22/h4-13,16-17,20,33H,14-15,18-19H2,1-3H3,(H2,31,32,34). The molecule has 1 aromatic heterocycles. The van der Waals surface area contributed by atoms with E-state index in [4.69, 9.17) is 24.7 Å². The lowest BCUT2D eigenvalue weighted by Crippen LogP contribution is -2.31. The van der Waals surface area contributed by atoms with E-state index in [0.717, 1.165) is 22.6 Å². The van der Waals surface area contributed by atoms with Crippen LogP contribution in [0.5, 0.6) is 23.0 Å². The van der Waals surface area contributed by atoms with Crippen molar-refractivity contribution in [2.75, 3.05) is 45.4 Å². The molecule has 10 heteroatoms. The van der Waals surface area contributed by atoms with Gasteiger partial charge in [-0.3, -0.25) is 4.79 Å². The summed E-state index contributed by atoms with van der Waals surface area (Å²) in [4.78, 5) is 22.8. The average Bonchev–Trinajstić information content (AvgIpc) is 3.00. The van der Waals surface area contributed by atoms with Crippen LogP contribution in [0.15, 0.2) is 79.3 Å². The number of carbonyl (C=O) groups excluding carboxylic acids is 1. The number of nitrogens with two attached hydrogens (primary N) is 1. The third kappa shape index (κ3) is 7.53. The molecule has 1 amide bonds. The maximum atomic E-state index is 13.2. The first-order valence-electron chi connectivity index (χ1n) is 12.7. The predicted octanol–water partition coefficient (Wildman–Crippen LogP) is 4.42. The Labute approximate surface area is 233 Å². The van der Waals surface area contributed by atoms with Gasteiger partial charge < -0.3 is 34.9 Å². The molecule has 0 bridgehead atoms. The van der Waals surface area contributed by atoms with Crippen LogP contribution in [0.2, 0.25) is 0 Å². The summed E-state index contributed by atoms with van der Waals surface area (Å²) in [5.41, 5.74) is 8.87. The number of hydrogen-bond donors (Lipinski definition) is 2. The van der Waals surface area contributed by atoms with Crippen LogP contribution in [0.3, 0.4) is 0 Å². The van der Waals surface area contributed by atoms with Crippen LogP contribution >= 0.6 is 0 Å². The molecule has 0 unspecified atom stereocenters. The highest BCUT2D eigenvalue weighted by Gasteiger charge is 2.16. The van der Waals surface area contributed by atoms with Crippen molar-refractivity contribution in [2.45, 2.75) is 13.2 Å². The molecule has 0 saturated carbocycles. The monoisotopic (exact) mass is 543 g/mol. The number of benzene rings is 3. The number of likely N-dealkylation sites (N-methyl/N-ethyl adjacent to an activating group) is 1. The first-order valence-corrected chi connectivity index (χ1v) is 12.7. The Morgan fingerprint density at radius 1 is 0.875 bits per heavy atom. The van der Waals surface area contributed by atoms with Gasteiger partial charge in [-0.05, 0) is 53.6 Å². The van der Waals surface area contributed by atoms with Crippen molar-refractivity contribution in [2.24, 2.45) is 0 Å². The van der Waals surface area contributed by atoms with Gasteiger partial charge >= 0.3 is 0 Å². The number of anilines is 2. The van der Waals surface area contributed by atoms with Crippen LogP contribution in [-0.2, 0) is 13.2 Å². The number of nitrogens with one attached hydrogen (secondary N) is 1. The molecule has 208 valence electrons. The lowest BCUT2D eigenvalue weighted by molar-refractivity contribution is 0.0799. The lowest BCUT2D eigenvalue weighted by Gasteiger charge is -2.19. The highest BCUT2D eigenvalue weighted by atomic mass is 16.5. The van der Waals surface area contributed by atoms with E-state index < -0.39 is 0 Å². The molecule has 0 spiro atoms. The zero-order valence-corrected chi connectivity index (χ0v) is 22.8. The average molecular weight is 544 g/mol. The molecule has 0 radical (unpaired) electrons. The van der Waals surface area contributed by atoms with E-state index in [2.05, 4.69) is 15.3 Å². The second kappa shape index (κ2) is 13.7. The summed E-state index contributed by atoms with van der Waals surface area (Å²) in [7, 11) is 4.99. The fourth-order valence-corrected chi connectivity index (χ4v) is 3.79. The van der Waals surface area contributed by atoms with Crippen LogP contribution in [0, 0.1) is 0 Å². The maximum absolute atomic E-state index is 13.2. The van der Waals surface area contributed by atoms with Crippen molar-refractivity contribution in [3.8, 4) is 23.0 Å². The number of ether oxygens (including phenoxy) is 4. The molecule has 0 aliphatic heterocycles. The summed E-state index contributed by atoms with van der Waals surface area (Å²) < 4.78 is 22.7. The summed E-state index contributed by atoms with van der Waals surface area (Å²) >= 11 is 0. The van der Waals surface area contributed by atoms with Gasteiger partial charge in [-0.1, -0.05) is 24.3 Å². The zero-order chi connectivity index (χ0) is 28.3. The minimum atomic E-state index is -0.157. The number of hydrogen-bond acceptors (Lipinski definition) is 9. The van der Waals surface area contributed by atoms with E-state index in [-0.39, 0.29) is 5.91 Å². The summed E-state index contributed by atoms with van der Waals surface area (Å²) in [5, 5.41) is 3.15. The molecule has 10 nitrogen and oxygen atoms in total. The zero-order valence-electron chi connectivity index (χ0n) is 22.8. The number of nitrogens with zero attached hydrogens (tertiary/aromatic N) is 3. The summed E-state index contributed by atoms with van der Waals surface area (Å²) in [6.45, 7) is 1.53. The molecule has 3 N–H and O–H groups in total. The van der Waals surface area contributed by atoms with Crippen molar-refractivity contribution < 1.29 is 23.7 Å². The smallest absolute Gasteiger partial charge is 0.253 e. The first-order chi connectivity index (χ1) is 19.5. The van der Waals surface area contributed by atoms with Gasteiger partial charge in [-0.2, -0.15) is 0 Å². The van der Waals surface area contributed by atoms with Crippen molar-refractivity contribution in [3.05, 3.63) is 95.9 Å². The Balaban J connectivity index is 1.45. The van der Waals surface area contributed by atoms with Gasteiger partial charge in [-0.25, -0.2) is 9.97 Å². The van der Waals surface area contributed by atoms with Gasteiger partial charge in [0.2, 0.25) is 0 Å². The minimum absolute atomic E-state index is 0.157. The maximum Gasteiger partial charge on any atom is 0.253 e. The summed E-state index contributed by atoms with van der Waals surface area (Å²) in [6.07, 6.45) is 2.98. The summed E-state index contributed by atoms with van der Waals surface area (Å²) in [6, 6.07) is 20.4. The number of rotatable bonds is 13. The topological polar surface area (TPSA) is 121 Å². The lowest BCUT2D eigenvalue weighted by atomic mass is 10.1. The third-order valence-corrected chi connectivity index (χ3v) is 6.15. The van der Waals surface area contributed by atoms with Gasteiger partial charge in [-0.15, -0.1) is 0 Å².